The van der Waals surface area contributed by atoms with Gasteiger partial charge in [0.15, 0.2) is 5.96 Å². The van der Waals surface area contributed by atoms with Gasteiger partial charge in [0.25, 0.3) is 0 Å². The minimum atomic E-state index is 0.622. The van der Waals surface area contributed by atoms with Crippen molar-refractivity contribution in [2.24, 2.45) is 4.99 Å². The number of pyridine rings is 1. The van der Waals surface area contributed by atoms with Gasteiger partial charge in [-0.3, -0.25) is 4.99 Å². The van der Waals surface area contributed by atoms with Crippen LogP contribution in [0.3, 0.4) is 0 Å². The fraction of sp³-hybridized carbons (Fsp3) is 0.438. The average molecular weight is 332 g/mol. The van der Waals surface area contributed by atoms with Crippen LogP contribution in [0.15, 0.2) is 23.2 Å². The van der Waals surface area contributed by atoms with Gasteiger partial charge in [0.05, 0.1) is 24.5 Å². The Hall–Kier alpha value is -2.15. The Labute approximate surface area is 141 Å². The summed E-state index contributed by atoms with van der Waals surface area (Å²) in [4.78, 5) is 16.6. The highest BCUT2D eigenvalue weighted by Gasteiger charge is 2.05. The Morgan fingerprint density at radius 3 is 2.52 bits per heavy atom. The summed E-state index contributed by atoms with van der Waals surface area (Å²) in [6.07, 6.45) is 0. The van der Waals surface area contributed by atoms with E-state index >= 15 is 0 Å². The lowest BCUT2D eigenvalue weighted by atomic mass is 10.3. The van der Waals surface area contributed by atoms with Gasteiger partial charge in [0, 0.05) is 26.0 Å². The molecule has 0 saturated carbocycles. The van der Waals surface area contributed by atoms with E-state index in [2.05, 4.69) is 32.5 Å². The van der Waals surface area contributed by atoms with Crippen LogP contribution in [0.2, 0.25) is 0 Å². The zero-order chi connectivity index (χ0) is 16.8. The van der Waals surface area contributed by atoms with E-state index < -0.39 is 0 Å². The van der Waals surface area contributed by atoms with Crippen molar-refractivity contribution in [1.29, 1.82) is 0 Å². The molecular formula is C16H24N6S. The molecule has 6 nitrogen and oxygen atoms in total. The van der Waals surface area contributed by atoms with E-state index in [1.54, 1.807) is 18.4 Å². The number of hydrogen-bond donors (Lipinski definition) is 2. The molecule has 0 unspecified atom stereocenters. The third kappa shape index (κ3) is 4.92. The molecule has 23 heavy (non-hydrogen) atoms. The third-order valence-corrected chi connectivity index (χ3v) is 4.46. The predicted molar refractivity (Wildman–Crippen MR) is 97.2 cm³/mol. The molecule has 0 saturated heterocycles. The van der Waals surface area contributed by atoms with Gasteiger partial charge in [0.2, 0.25) is 0 Å². The first-order chi connectivity index (χ1) is 11.0. The summed E-state index contributed by atoms with van der Waals surface area (Å²) >= 11 is 1.71. The SMILES string of the molecule is CN=C(NCc1cccc(N(C)C)n1)NCc1nc(C)c(C)s1. The molecule has 2 aromatic rings. The first-order valence-corrected chi connectivity index (χ1v) is 8.32. The average Bonchev–Trinajstić information content (AvgIpc) is 2.86. The molecule has 2 rings (SSSR count). The first-order valence-electron chi connectivity index (χ1n) is 7.50. The van der Waals surface area contributed by atoms with Crippen LogP contribution >= 0.6 is 11.3 Å². The quantitative estimate of drug-likeness (QED) is 0.648. The van der Waals surface area contributed by atoms with Gasteiger partial charge in [-0.15, -0.1) is 11.3 Å². The standard InChI is InChI=1S/C16H24N6S/c1-11-12(2)23-15(20-11)10-19-16(17-3)18-9-13-7-6-8-14(21-13)22(4)5/h6-8H,9-10H2,1-5H3,(H2,17,18,19). The fourth-order valence-corrected chi connectivity index (χ4v) is 2.86. The van der Waals surface area contributed by atoms with Gasteiger partial charge in [-0.25, -0.2) is 9.97 Å². The summed E-state index contributed by atoms with van der Waals surface area (Å²) in [6.45, 7) is 5.42. The van der Waals surface area contributed by atoms with Crippen LogP contribution in [0.4, 0.5) is 5.82 Å². The van der Waals surface area contributed by atoms with Crippen molar-refractivity contribution < 1.29 is 0 Å². The van der Waals surface area contributed by atoms with Crippen molar-refractivity contribution in [3.05, 3.63) is 39.5 Å². The van der Waals surface area contributed by atoms with Gasteiger partial charge < -0.3 is 15.5 Å². The smallest absolute Gasteiger partial charge is 0.191 e. The fourth-order valence-electron chi connectivity index (χ4n) is 1.98. The Morgan fingerprint density at radius 1 is 1.17 bits per heavy atom. The third-order valence-electron chi connectivity index (χ3n) is 3.39. The van der Waals surface area contributed by atoms with Crippen LogP contribution in [-0.4, -0.2) is 37.1 Å². The minimum Gasteiger partial charge on any atom is -0.363 e. The monoisotopic (exact) mass is 332 g/mol. The van der Waals surface area contributed by atoms with Crippen LogP contribution in [-0.2, 0) is 13.1 Å². The van der Waals surface area contributed by atoms with Gasteiger partial charge >= 0.3 is 0 Å². The second-order valence-corrected chi connectivity index (χ2v) is 6.70. The molecule has 2 heterocycles. The highest BCUT2D eigenvalue weighted by molar-refractivity contribution is 7.11. The lowest BCUT2D eigenvalue weighted by Gasteiger charge is -2.14. The number of aliphatic imine (C=N–C) groups is 1. The Morgan fingerprint density at radius 2 is 1.91 bits per heavy atom. The van der Waals surface area contributed by atoms with E-state index in [1.165, 1.54) is 4.88 Å². The summed E-state index contributed by atoms with van der Waals surface area (Å²) in [6, 6.07) is 6.00. The van der Waals surface area contributed by atoms with Crippen LogP contribution in [0.5, 0.6) is 0 Å². The van der Waals surface area contributed by atoms with Gasteiger partial charge in [-0.1, -0.05) is 6.07 Å². The second kappa shape index (κ2) is 7.92. The summed E-state index contributed by atoms with van der Waals surface area (Å²) in [5, 5.41) is 7.63. The highest BCUT2D eigenvalue weighted by Crippen LogP contribution is 2.15. The van der Waals surface area contributed by atoms with Crippen molar-refractivity contribution in [2.45, 2.75) is 26.9 Å². The van der Waals surface area contributed by atoms with E-state index in [0.29, 0.717) is 13.1 Å². The maximum Gasteiger partial charge on any atom is 0.191 e. The van der Waals surface area contributed by atoms with Crippen molar-refractivity contribution in [3.8, 4) is 0 Å². The lowest BCUT2D eigenvalue weighted by molar-refractivity contribution is 0.789. The number of aromatic nitrogens is 2. The van der Waals surface area contributed by atoms with Crippen molar-refractivity contribution in [2.75, 3.05) is 26.0 Å². The second-order valence-electron chi connectivity index (χ2n) is 5.41. The van der Waals surface area contributed by atoms with E-state index in [4.69, 9.17) is 0 Å². The maximum absolute atomic E-state index is 4.58. The lowest BCUT2D eigenvalue weighted by Crippen LogP contribution is -2.36. The first kappa shape index (κ1) is 17.2. The molecule has 0 atom stereocenters. The molecule has 0 bridgehead atoms. The molecule has 0 radical (unpaired) electrons. The highest BCUT2D eigenvalue weighted by atomic mass is 32.1. The number of nitrogens with zero attached hydrogens (tertiary/aromatic N) is 4. The van der Waals surface area contributed by atoms with Crippen molar-refractivity contribution in [3.63, 3.8) is 0 Å². The zero-order valence-electron chi connectivity index (χ0n) is 14.3. The predicted octanol–water partition coefficient (Wildman–Crippen LogP) is 2.09. The van der Waals surface area contributed by atoms with Crippen LogP contribution in [0.1, 0.15) is 21.3 Å². The summed E-state index contributed by atoms with van der Waals surface area (Å²) in [5.41, 5.74) is 2.07. The molecule has 7 heteroatoms. The number of guanidine groups is 1. The molecule has 0 amide bonds. The number of aryl methyl sites for hydroxylation is 2. The van der Waals surface area contributed by atoms with Crippen LogP contribution in [0, 0.1) is 13.8 Å². The molecule has 0 fully saturated rings. The number of thiazole rings is 1. The van der Waals surface area contributed by atoms with Gasteiger partial charge in [-0.05, 0) is 26.0 Å². The molecular weight excluding hydrogens is 308 g/mol. The number of anilines is 1. The van der Waals surface area contributed by atoms with E-state index in [-0.39, 0.29) is 0 Å². The minimum absolute atomic E-state index is 0.622. The maximum atomic E-state index is 4.58. The number of rotatable bonds is 5. The molecule has 0 aromatic carbocycles. The Bertz CT molecular complexity index is 657. The van der Waals surface area contributed by atoms with Crippen LogP contribution in [0.25, 0.3) is 0 Å². The summed E-state index contributed by atoms with van der Waals surface area (Å²) < 4.78 is 0. The van der Waals surface area contributed by atoms with Crippen molar-refractivity contribution in [1.82, 2.24) is 20.6 Å². The van der Waals surface area contributed by atoms with E-state index in [9.17, 15) is 0 Å². The van der Waals surface area contributed by atoms with Crippen molar-refractivity contribution >= 4 is 23.1 Å². The molecule has 2 aromatic heterocycles. The molecule has 0 aliphatic carbocycles. The van der Waals surface area contributed by atoms with Gasteiger partial charge in [-0.2, -0.15) is 0 Å². The van der Waals surface area contributed by atoms with E-state index in [1.807, 2.05) is 44.1 Å². The summed E-state index contributed by atoms with van der Waals surface area (Å²) in [5.74, 6) is 1.69. The molecule has 124 valence electrons. The Balaban J connectivity index is 1.89. The molecule has 0 aliphatic rings. The van der Waals surface area contributed by atoms with Crippen LogP contribution < -0.4 is 15.5 Å². The van der Waals surface area contributed by atoms with E-state index in [0.717, 1.165) is 28.2 Å². The van der Waals surface area contributed by atoms with Gasteiger partial charge in [0.1, 0.15) is 10.8 Å². The molecule has 0 spiro atoms. The Kier molecular flexibility index (Phi) is 5.92. The topological polar surface area (TPSA) is 65.4 Å². The normalized spacial score (nSPS) is 11.4. The largest absolute Gasteiger partial charge is 0.363 e. The molecule has 2 N–H and O–H groups in total. The number of nitrogens with one attached hydrogen (secondary N) is 2. The molecule has 0 aliphatic heterocycles. The zero-order valence-corrected chi connectivity index (χ0v) is 15.2. The number of hydrogen-bond acceptors (Lipinski definition) is 5. The summed E-state index contributed by atoms with van der Waals surface area (Å²) in [7, 11) is 5.73.